The summed E-state index contributed by atoms with van der Waals surface area (Å²) in [5, 5.41) is 0. The quantitative estimate of drug-likeness (QED) is 0.335. The molecule has 0 aliphatic rings. The van der Waals surface area contributed by atoms with Crippen LogP contribution < -0.4 is 0 Å². The summed E-state index contributed by atoms with van der Waals surface area (Å²) in [5.41, 5.74) is 1.70. The third kappa shape index (κ3) is 5.92. The van der Waals surface area contributed by atoms with E-state index in [1.807, 2.05) is 13.0 Å². The topological polar surface area (TPSA) is 0 Å². The molecule has 2 aromatic carbocycles. The van der Waals surface area contributed by atoms with E-state index >= 15 is 0 Å². The van der Waals surface area contributed by atoms with Crippen LogP contribution in [0.25, 0.3) is 0 Å². The van der Waals surface area contributed by atoms with Gasteiger partial charge in [0.15, 0.2) is 0 Å². The zero-order valence-electron chi connectivity index (χ0n) is 10.4. The summed E-state index contributed by atoms with van der Waals surface area (Å²) >= 11 is 12.8. The molecular formula is C14H10Br4F2. The van der Waals surface area contributed by atoms with E-state index in [0.29, 0.717) is 10.0 Å². The van der Waals surface area contributed by atoms with E-state index < -0.39 is 6.67 Å². The van der Waals surface area contributed by atoms with Gasteiger partial charge in [-0.05, 0) is 64.3 Å². The van der Waals surface area contributed by atoms with Crippen molar-refractivity contribution in [3.63, 3.8) is 0 Å². The van der Waals surface area contributed by atoms with E-state index in [9.17, 15) is 8.78 Å². The monoisotopic (exact) mass is 532 g/mol. The van der Waals surface area contributed by atoms with Crippen molar-refractivity contribution in [1.82, 2.24) is 0 Å². The number of hydrogen-bond acceptors (Lipinski definition) is 0. The fourth-order valence-electron chi connectivity index (χ4n) is 1.31. The van der Waals surface area contributed by atoms with E-state index in [2.05, 4.69) is 63.7 Å². The minimum atomic E-state index is -0.419. The smallest absolute Gasteiger partial charge is 0.138 e. The van der Waals surface area contributed by atoms with Crippen LogP contribution in [-0.4, -0.2) is 0 Å². The first-order valence-electron chi connectivity index (χ1n) is 5.45. The summed E-state index contributed by atoms with van der Waals surface area (Å²) in [7, 11) is 0. The number of benzene rings is 2. The maximum absolute atomic E-state index is 12.7. The molecule has 0 aromatic heterocycles. The molecule has 0 spiro atoms. The van der Waals surface area contributed by atoms with Gasteiger partial charge in [-0.1, -0.05) is 47.8 Å². The summed E-state index contributed by atoms with van der Waals surface area (Å²) in [6.07, 6.45) is 0. The lowest BCUT2D eigenvalue weighted by Crippen LogP contribution is -1.80. The van der Waals surface area contributed by atoms with Gasteiger partial charge in [0.25, 0.3) is 0 Å². The van der Waals surface area contributed by atoms with Gasteiger partial charge in [-0.2, -0.15) is 0 Å². The van der Waals surface area contributed by atoms with Crippen molar-refractivity contribution in [2.24, 2.45) is 0 Å². The highest BCUT2D eigenvalue weighted by Crippen LogP contribution is 2.23. The van der Waals surface area contributed by atoms with Gasteiger partial charge in [0, 0.05) is 13.4 Å². The average molecular weight is 536 g/mol. The van der Waals surface area contributed by atoms with Crippen molar-refractivity contribution in [1.29, 1.82) is 0 Å². The third-order valence-electron chi connectivity index (χ3n) is 2.28. The predicted molar refractivity (Wildman–Crippen MR) is 93.2 cm³/mol. The van der Waals surface area contributed by atoms with E-state index in [4.69, 9.17) is 0 Å². The van der Waals surface area contributed by atoms with Crippen LogP contribution in [0, 0.1) is 12.7 Å². The standard InChI is InChI=1S/2C7H5Br2F/c8-6-1-5(4-10)2-7(9)3-6;1-4-2-6(9)7(10)3-5(4)8/h1-3H,4H2;2-3H,1H3. The second-order valence-electron chi connectivity index (χ2n) is 3.93. The Morgan fingerprint density at radius 1 is 0.850 bits per heavy atom. The van der Waals surface area contributed by atoms with Gasteiger partial charge in [-0.3, -0.25) is 0 Å². The first kappa shape index (κ1) is 18.3. The highest BCUT2D eigenvalue weighted by atomic mass is 79.9. The highest BCUT2D eigenvalue weighted by molar-refractivity contribution is 9.11. The van der Waals surface area contributed by atoms with E-state index in [1.165, 1.54) is 6.07 Å². The lowest BCUT2D eigenvalue weighted by molar-refractivity contribution is 0.485. The summed E-state index contributed by atoms with van der Waals surface area (Å²) in [4.78, 5) is 0. The van der Waals surface area contributed by atoms with Gasteiger partial charge >= 0.3 is 0 Å². The van der Waals surface area contributed by atoms with Gasteiger partial charge in [0.2, 0.25) is 0 Å². The molecule has 0 saturated carbocycles. The van der Waals surface area contributed by atoms with Crippen LogP contribution in [-0.2, 0) is 6.67 Å². The van der Waals surface area contributed by atoms with Gasteiger partial charge in [0.1, 0.15) is 12.5 Å². The summed E-state index contributed by atoms with van der Waals surface area (Å²) in [5.74, 6) is -0.238. The van der Waals surface area contributed by atoms with E-state index in [-0.39, 0.29) is 5.82 Å². The number of aryl methyl sites for hydroxylation is 1. The van der Waals surface area contributed by atoms with Crippen LogP contribution in [0.1, 0.15) is 11.1 Å². The summed E-state index contributed by atoms with van der Waals surface area (Å²) < 4.78 is 27.8. The van der Waals surface area contributed by atoms with Crippen molar-refractivity contribution >= 4 is 63.7 Å². The maximum Gasteiger partial charge on any atom is 0.138 e. The third-order valence-corrected chi connectivity index (χ3v) is 4.66. The molecule has 0 N–H and O–H groups in total. The molecule has 0 aliphatic heterocycles. The molecule has 2 rings (SSSR count). The Bertz CT molecular complexity index is 529. The second kappa shape index (κ2) is 8.61. The predicted octanol–water partition coefficient (Wildman–Crippen LogP) is 7.34. The number of rotatable bonds is 1. The first-order valence-corrected chi connectivity index (χ1v) is 8.62. The Hall–Kier alpha value is 0.220. The molecule has 0 atom stereocenters. The molecule has 6 heteroatoms. The normalized spacial score (nSPS) is 9.95. The minimum Gasteiger partial charge on any atom is -0.246 e. The van der Waals surface area contributed by atoms with Gasteiger partial charge in [-0.25, -0.2) is 8.78 Å². The van der Waals surface area contributed by atoms with Crippen LogP contribution in [0.4, 0.5) is 8.78 Å². The Morgan fingerprint density at radius 2 is 1.40 bits per heavy atom. The van der Waals surface area contributed by atoms with Gasteiger partial charge in [0.05, 0.1) is 4.47 Å². The number of hydrogen-bond donors (Lipinski definition) is 0. The SMILES string of the molecule is Cc1cc(Br)c(F)cc1Br.FCc1cc(Br)cc(Br)c1. The van der Waals surface area contributed by atoms with Crippen LogP contribution in [0.2, 0.25) is 0 Å². The largest absolute Gasteiger partial charge is 0.246 e. The van der Waals surface area contributed by atoms with Gasteiger partial charge < -0.3 is 0 Å². The van der Waals surface area contributed by atoms with Crippen molar-refractivity contribution in [3.05, 3.63) is 65.2 Å². The fraction of sp³-hybridized carbons (Fsp3) is 0.143. The molecule has 20 heavy (non-hydrogen) atoms. The zero-order valence-corrected chi connectivity index (χ0v) is 16.7. The minimum absolute atomic E-state index is 0.238. The Labute approximate surface area is 150 Å². The lowest BCUT2D eigenvalue weighted by Gasteiger charge is -1.98. The molecule has 2 aromatic rings. The van der Waals surface area contributed by atoms with Gasteiger partial charge in [-0.15, -0.1) is 0 Å². The highest BCUT2D eigenvalue weighted by Gasteiger charge is 2.01. The van der Waals surface area contributed by atoms with E-state index in [1.54, 1.807) is 18.2 Å². The van der Waals surface area contributed by atoms with E-state index in [0.717, 1.165) is 19.0 Å². The molecule has 0 amide bonds. The molecule has 0 radical (unpaired) electrons. The van der Waals surface area contributed by atoms with Crippen molar-refractivity contribution < 1.29 is 8.78 Å². The number of halogens is 6. The molecule has 0 heterocycles. The molecular weight excluding hydrogens is 526 g/mol. The van der Waals surface area contributed by atoms with Crippen LogP contribution >= 0.6 is 63.7 Å². The zero-order chi connectivity index (χ0) is 15.3. The Morgan fingerprint density at radius 3 is 1.85 bits per heavy atom. The molecule has 0 bridgehead atoms. The molecule has 0 unspecified atom stereocenters. The van der Waals surface area contributed by atoms with Crippen LogP contribution in [0.3, 0.4) is 0 Å². The second-order valence-corrected chi connectivity index (χ2v) is 7.47. The fourth-order valence-corrected chi connectivity index (χ4v) is 3.47. The molecule has 0 nitrogen and oxygen atoms in total. The Kier molecular flexibility index (Phi) is 7.87. The molecule has 108 valence electrons. The van der Waals surface area contributed by atoms with Crippen molar-refractivity contribution in [3.8, 4) is 0 Å². The molecule has 0 aliphatic carbocycles. The molecule has 0 saturated heterocycles. The van der Waals surface area contributed by atoms with Crippen LogP contribution in [0.15, 0.2) is 48.2 Å². The Balaban J connectivity index is 0.000000200. The van der Waals surface area contributed by atoms with Crippen molar-refractivity contribution in [2.45, 2.75) is 13.6 Å². The molecule has 0 fully saturated rings. The van der Waals surface area contributed by atoms with Crippen molar-refractivity contribution in [2.75, 3.05) is 0 Å². The summed E-state index contributed by atoms with van der Waals surface area (Å²) in [6, 6.07) is 8.56. The first-order chi connectivity index (χ1) is 9.33. The maximum atomic E-state index is 12.7. The van der Waals surface area contributed by atoms with Crippen LogP contribution in [0.5, 0.6) is 0 Å². The lowest BCUT2D eigenvalue weighted by atomic mass is 10.2. The summed E-state index contributed by atoms with van der Waals surface area (Å²) in [6.45, 7) is 1.49. The average Bonchev–Trinajstić information content (AvgIpc) is 2.36. The number of alkyl halides is 1.